The summed E-state index contributed by atoms with van der Waals surface area (Å²) in [5.41, 5.74) is 0.764. The molecular weight excluding hydrogens is 218 g/mol. The Labute approximate surface area is 99.8 Å². The molecule has 1 saturated heterocycles. The number of β-amino-alcohol motifs (C(OH)–C–C–N with tert-alkyl or cyclic N) is 1. The highest BCUT2D eigenvalue weighted by Crippen LogP contribution is 2.24. The molecule has 1 aliphatic rings. The number of carbonyl (C=O) groups excluding carboxylic acids is 1. The van der Waals surface area contributed by atoms with E-state index in [9.17, 15) is 9.90 Å². The average molecular weight is 231 g/mol. The van der Waals surface area contributed by atoms with E-state index in [-0.39, 0.29) is 18.9 Å². The first kappa shape index (κ1) is 11.5. The number of amides is 1. The topological polar surface area (TPSA) is 49.8 Å². The number of hydrogen-bond acceptors (Lipinski definition) is 3. The van der Waals surface area contributed by atoms with Crippen LogP contribution in [-0.4, -0.2) is 30.3 Å². The van der Waals surface area contributed by atoms with E-state index < -0.39 is 6.10 Å². The summed E-state index contributed by atoms with van der Waals surface area (Å²) >= 11 is 0. The lowest BCUT2D eigenvalue weighted by Gasteiger charge is -2.16. The predicted octanol–water partition coefficient (Wildman–Crippen LogP) is 0.796. The lowest BCUT2D eigenvalue weighted by Crippen LogP contribution is -2.25. The first-order valence-electron chi connectivity index (χ1n) is 5.35. The summed E-state index contributed by atoms with van der Waals surface area (Å²) in [6.07, 6.45) is 4.70. The molecule has 1 unspecified atom stereocenters. The fourth-order valence-electron chi connectivity index (χ4n) is 1.79. The van der Waals surface area contributed by atoms with Gasteiger partial charge in [0.1, 0.15) is 12.4 Å². The standard InChI is InChI=1S/C13H13NO3/c1-2-7-17-12-5-3-10(4-6-12)14-9-11(15)8-13(14)16/h1,3-6,11,15H,7-9H2. The maximum absolute atomic E-state index is 11.6. The van der Waals surface area contributed by atoms with Gasteiger partial charge in [0.05, 0.1) is 19.1 Å². The third-order valence-electron chi connectivity index (χ3n) is 2.58. The van der Waals surface area contributed by atoms with E-state index in [1.807, 2.05) is 0 Å². The second kappa shape index (κ2) is 4.89. The highest BCUT2D eigenvalue weighted by molar-refractivity contribution is 5.96. The molecule has 1 aliphatic heterocycles. The van der Waals surface area contributed by atoms with E-state index in [0.717, 1.165) is 5.69 Å². The summed E-state index contributed by atoms with van der Waals surface area (Å²) in [4.78, 5) is 13.1. The van der Waals surface area contributed by atoms with Crippen LogP contribution in [0.5, 0.6) is 5.75 Å². The van der Waals surface area contributed by atoms with Crippen molar-refractivity contribution >= 4 is 11.6 Å². The summed E-state index contributed by atoms with van der Waals surface area (Å²) in [6, 6.07) is 7.07. The third kappa shape index (κ3) is 2.58. The van der Waals surface area contributed by atoms with Crippen molar-refractivity contribution in [3.63, 3.8) is 0 Å². The molecule has 0 radical (unpaired) electrons. The van der Waals surface area contributed by atoms with Crippen molar-refractivity contribution in [3.05, 3.63) is 24.3 Å². The van der Waals surface area contributed by atoms with Gasteiger partial charge in [0, 0.05) is 5.69 Å². The summed E-state index contributed by atoms with van der Waals surface area (Å²) < 4.78 is 5.23. The fourth-order valence-corrected chi connectivity index (χ4v) is 1.79. The number of nitrogens with zero attached hydrogens (tertiary/aromatic N) is 1. The number of terminal acetylenes is 1. The molecule has 1 fully saturated rings. The first-order chi connectivity index (χ1) is 8.20. The van der Waals surface area contributed by atoms with Crippen molar-refractivity contribution in [3.8, 4) is 18.1 Å². The Kier molecular flexibility index (Phi) is 3.31. The van der Waals surface area contributed by atoms with E-state index in [4.69, 9.17) is 11.2 Å². The molecule has 0 bridgehead atoms. The minimum Gasteiger partial charge on any atom is -0.481 e. The van der Waals surface area contributed by atoms with E-state index in [1.54, 1.807) is 29.2 Å². The van der Waals surface area contributed by atoms with Gasteiger partial charge in [-0.2, -0.15) is 0 Å². The molecule has 0 saturated carbocycles. The van der Waals surface area contributed by atoms with Crippen LogP contribution in [0.1, 0.15) is 6.42 Å². The molecule has 1 amide bonds. The summed E-state index contributed by atoms with van der Waals surface area (Å²) in [5, 5.41) is 9.39. The number of aliphatic hydroxyl groups is 1. The number of anilines is 1. The van der Waals surface area contributed by atoms with Gasteiger partial charge >= 0.3 is 0 Å². The van der Waals surface area contributed by atoms with Gasteiger partial charge in [0.2, 0.25) is 5.91 Å². The number of aliphatic hydroxyl groups excluding tert-OH is 1. The van der Waals surface area contributed by atoms with E-state index in [1.165, 1.54) is 0 Å². The van der Waals surface area contributed by atoms with Gasteiger partial charge in [-0.1, -0.05) is 5.92 Å². The maximum Gasteiger partial charge on any atom is 0.229 e. The molecule has 1 aromatic rings. The normalized spacial score (nSPS) is 19.2. The molecule has 2 rings (SSSR count). The van der Waals surface area contributed by atoms with Gasteiger partial charge in [-0.15, -0.1) is 6.42 Å². The van der Waals surface area contributed by atoms with Gasteiger partial charge in [-0.3, -0.25) is 4.79 Å². The van der Waals surface area contributed by atoms with Crippen LogP contribution in [0.2, 0.25) is 0 Å². The van der Waals surface area contributed by atoms with Gasteiger partial charge < -0.3 is 14.7 Å². The molecule has 1 N–H and O–H groups in total. The molecule has 0 aromatic heterocycles. The van der Waals surface area contributed by atoms with Crippen LogP contribution < -0.4 is 9.64 Å². The van der Waals surface area contributed by atoms with Crippen LogP contribution in [0.25, 0.3) is 0 Å². The van der Waals surface area contributed by atoms with Gasteiger partial charge in [-0.05, 0) is 24.3 Å². The van der Waals surface area contributed by atoms with Crippen molar-refractivity contribution in [1.29, 1.82) is 0 Å². The smallest absolute Gasteiger partial charge is 0.229 e. The molecule has 4 nitrogen and oxygen atoms in total. The van der Waals surface area contributed by atoms with Crippen LogP contribution in [0.3, 0.4) is 0 Å². The molecule has 4 heteroatoms. The van der Waals surface area contributed by atoms with E-state index in [0.29, 0.717) is 12.3 Å². The number of carbonyl (C=O) groups is 1. The predicted molar refractivity (Wildman–Crippen MR) is 63.7 cm³/mol. The van der Waals surface area contributed by atoms with Crippen molar-refractivity contribution in [1.82, 2.24) is 0 Å². The summed E-state index contributed by atoms with van der Waals surface area (Å²) in [6.45, 7) is 0.574. The quantitative estimate of drug-likeness (QED) is 0.783. The number of benzene rings is 1. The van der Waals surface area contributed by atoms with Crippen LogP contribution in [0.4, 0.5) is 5.69 Å². The van der Waals surface area contributed by atoms with Gasteiger partial charge in [0.25, 0.3) is 0 Å². The lowest BCUT2D eigenvalue weighted by molar-refractivity contribution is -0.117. The number of hydrogen-bond donors (Lipinski definition) is 1. The fraction of sp³-hybridized carbons (Fsp3) is 0.308. The summed E-state index contributed by atoms with van der Waals surface area (Å²) in [7, 11) is 0. The van der Waals surface area contributed by atoms with Crippen LogP contribution in [0.15, 0.2) is 24.3 Å². The second-order valence-corrected chi connectivity index (χ2v) is 3.85. The molecule has 88 valence electrons. The molecular formula is C13H13NO3. The molecule has 17 heavy (non-hydrogen) atoms. The zero-order valence-corrected chi connectivity index (χ0v) is 9.30. The molecule has 0 spiro atoms. The average Bonchev–Trinajstić information content (AvgIpc) is 2.66. The van der Waals surface area contributed by atoms with E-state index in [2.05, 4.69) is 5.92 Å². The van der Waals surface area contributed by atoms with Crippen LogP contribution in [-0.2, 0) is 4.79 Å². The minimum atomic E-state index is -0.570. The zero-order chi connectivity index (χ0) is 12.3. The Morgan fingerprint density at radius 2 is 2.18 bits per heavy atom. The van der Waals surface area contributed by atoms with Crippen LogP contribution >= 0.6 is 0 Å². The molecule has 1 atom stereocenters. The Bertz CT molecular complexity index is 447. The molecule has 0 aliphatic carbocycles. The highest BCUT2D eigenvalue weighted by Gasteiger charge is 2.28. The van der Waals surface area contributed by atoms with E-state index >= 15 is 0 Å². The Morgan fingerprint density at radius 3 is 2.71 bits per heavy atom. The SMILES string of the molecule is C#CCOc1ccc(N2CC(O)CC2=O)cc1. The lowest BCUT2D eigenvalue weighted by atomic mass is 10.3. The third-order valence-corrected chi connectivity index (χ3v) is 2.58. The van der Waals surface area contributed by atoms with Crippen molar-refractivity contribution < 1.29 is 14.6 Å². The van der Waals surface area contributed by atoms with Gasteiger partial charge in [0.15, 0.2) is 0 Å². The largest absolute Gasteiger partial charge is 0.481 e. The number of rotatable bonds is 3. The first-order valence-corrected chi connectivity index (χ1v) is 5.35. The van der Waals surface area contributed by atoms with Crippen molar-refractivity contribution in [2.24, 2.45) is 0 Å². The second-order valence-electron chi connectivity index (χ2n) is 3.85. The van der Waals surface area contributed by atoms with Crippen molar-refractivity contribution in [2.75, 3.05) is 18.1 Å². The highest BCUT2D eigenvalue weighted by atomic mass is 16.5. The minimum absolute atomic E-state index is 0.0604. The zero-order valence-electron chi connectivity index (χ0n) is 9.30. The number of ether oxygens (including phenoxy) is 1. The summed E-state index contributed by atoms with van der Waals surface area (Å²) in [5.74, 6) is 2.98. The Balaban J connectivity index is 2.08. The van der Waals surface area contributed by atoms with Crippen molar-refractivity contribution in [2.45, 2.75) is 12.5 Å². The van der Waals surface area contributed by atoms with Crippen LogP contribution in [0, 0.1) is 12.3 Å². The Morgan fingerprint density at radius 1 is 1.47 bits per heavy atom. The monoisotopic (exact) mass is 231 g/mol. The van der Waals surface area contributed by atoms with Gasteiger partial charge in [-0.25, -0.2) is 0 Å². The maximum atomic E-state index is 11.6. The Hall–Kier alpha value is -1.99. The molecule has 1 heterocycles. The molecule has 1 aromatic carbocycles.